The molecule has 1 heterocycles. The van der Waals surface area contributed by atoms with Gasteiger partial charge in [-0.3, -0.25) is 0 Å². The number of unbranched alkanes of at least 4 members (excludes halogenated alkanes) is 2. The van der Waals surface area contributed by atoms with Crippen molar-refractivity contribution in [2.75, 3.05) is 13.2 Å². The van der Waals surface area contributed by atoms with Crippen LogP contribution in [0.25, 0.3) is 0 Å². The van der Waals surface area contributed by atoms with Crippen molar-refractivity contribution in [3.8, 4) is 11.5 Å². The lowest BCUT2D eigenvalue weighted by molar-refractivity contribution is -0.277. The average molecular weight is 358 g/mol. The minimum Gasteiger partial charge on any atom is -0.508 e. The molecule has 5 atom stereocenters. The highest BCUT2D eigenvalue weighted by molar-refractivity contribution is 5.37. The number of aliphatic hydroxyl groups is 5. The Morgan fingerprint density at radius 1 is 0.920 bits per heavy atom. The van der Waals surface area contributed by atoms with E-state index < -0.39 is 37.3 Å². The Morgan fingerprint density at radius 3 is 2.36 bits per heavy atom. The maximum Gasteiger partial charge on any atom is 0.229 e. The first kappa shape index (κ1) is 19.9. The molecule has 1 aromatic carbocycles. The first-order valence-electron chi connectivity index (χ1n) is 8.37. The molecule has 0 spiro atoms. The van der Waals surface area contributed by atoms with Crippen molar-refractivity contribution < 1.29 is 40.1 Å². The highest BCUT2D eigenvalue weighted by atomic mass is 16.7. The van der Waals surface area contributed by atoms with Crippen LogP contribution in [0, 0.1) is 0 Å². The monoisotopic (exact) mass is 358 g/mol. The number of phenolic OH excluding ortho intramolecular Hbond substituents is 1. The van der Waals surface area contributed by atoms with Gasteiger partial charge in [-0.15, -0.1) is 0 Å². The van der Waals surface area contributed by atoms with Crippen molar-refractivity contribution in [3.05, 3.63) is 23.8 Å². The standard InChI is InChI=1S/C17H26O8/c18-5-3-1-2-4-10-6-11(20)8-12(7-10)24-17-16(23)15(22)14(21)13(9-19)25-17/h6-8,13-23H,1-5,9H2/t13-,14-,15+,16-,17-/m1/s1. The van der Waals surface area contributed by atoms with Crippen LogP contribution in [-0.4, -0.2) is 74.6 Å². The molecule has 0 aliphatic carbocycles. The maximum atomic E-state index is 9.99. The lowest BCUT2D eigenvalue weighted by Gasteiger charge is -2.39. The van der Waals surface area contributed by atoms with E-state index in [1.54, 1.807) is 12.1 Å². The SMILES string of the molecule is OCCCCCc1cc(O)cc(O[C@@H]2O[C@H](CO)[C@@H](O)[C@H](O)[C@H]2O)c1. The summed E-state index contributed by atoms with van der Waals surface area (Å²) in [5.74, 6) is 0.223. The molecule has 0 saturated carbocycles. The molecular weight excluding hydrogens is 332 g/mol. The van der Waals surface area contributed by atoms with Gasteiger partial charge in [-0.25, -0.2) is 0 Å². The zero-order valence-electron chi connectivity index (χ0n) is 13.9. The van der Waals surface area contributed by atoms with Gasteiger partial charge in [0.1, 0.15) is 35.9 Å². The molecule has 1 aliphatic rings. The molecule has 6 N–H and O–H groups in total. The topological polar surface area (TPSA) is 140 Å². The number of benzene rings is 1. The molecule has 2 rings (SSSR count). The Morgan fingerprint density at radius 2 is 1.68 bits per heavy atom. The predicted octanol–water partition coefficient (Wildman–Crippen LogP) is -0.724. The molecule has 1 aliphatic heterocycles. The molecule has 8 heteroatoms. The van der Waals surface area contributed by atoms with Crippen LogP contribution in [0.5, 0.6) is 11.5 Å². The smallest absolute Gasteiger partial charge is 0.229 e. The summed E-state index contributed by atoms with van der Waals surface area (Å²) in [6, 6.07) is 4.62. The minimum atomic E-state index is -1.52. The fourth-order valence-corrected chi connectivity index (χ4v) is 2.77. The Kier molecular flexibility index (Phi) is 7.42. The number of aliphatic hydroxyl groups excluding tert-OH is 5. The molecule has 142 valence electrons. The second-order valence-electron chi connectivity index (χ2n) is 6.18. The summed E-state index contributed by atoms with van der Waals surface area (Å²) in [6.45, 7) is -0.396. The normalized spacial score (nSPS) is 29.6. The molecule has 25 heavy (non-hydrogen) atoms. The molecule has 0 radical (unpaired) electrons. The van der Waals surface area contributed by atoms with Crippen LogP contribution in [0.1, 0.15) is 24.8 Å². The molecule has 1 fully saturated rings. The third-order valence-electron chi connectivity index (χ3n) is 4.18. The molecule has 1 saturated heterocycles. The molecule has 1 aromatic rings. The van der Waals surface area contributed by atoms with Gasteiger partial charge in [-0.2, -0.15) is 0 Å². The number of aryl methyl sites for hydroxylation is 1. The van der Waals surface area contributed by atoms with Crippen molar-refractivity contribution >= 4 is 0 Å². The average Bonchev–Trinajstić information content (AvgIpc) is 2.59. The first-order valence-corrected chi connectivity index (χ1v) is 8.37. The van der Waals surface area contributed by atoms with E-state index in [4.69, 9.17) is 14.6 Å². The number of hydrogen-bond acceptors (Lipinski definition) is 8. The number of phenols is 1. The maximum absolute atomic E-state index is 9.99. The van der Waals surface area contributed by atoms with Gasteiger partial charge in [0.05, 0.1) is 6.61 Å². The van der Waals surface area contributed by atoms with E-state index in [0.29, 0.717) is 12.8 Å². The van der Waals surface area contributed by atoms with Crippen LogP contribution in [0.2, 0.25) is 0 Å². The molecule has 0 unspecified atom stereocenters. The van der Waals surface area contributed by atoms with Crippen molar-refractivity contribution in [1.29, 1.82) is 0 Å². The van der Waals surface area contributed by atoms with Gasteiger partial charge in [-0.05, 0) is 37.0 Å². The summed E-state index contributed by atoms with van der Waals surface area (Å²) < 4.78 is 10.8. The van der Waals surface area contributed by atoms with E-state index in [1.165, 1.54) is 6.07 Å². The van der Waals surface area contributed by atoms with Crippen molar-refractivity contribution in [3.63, 3.8) is 0 Å². The molecular formula is C17H26O8. The zero-order chi connectivity index (χ0) is 18.4. The van der Waals surface area contributed by atoms with Crippen molar-refractivity contribution in [2.45, 2.75) is 56.4 Å². The molecule has 0 amide bonds. The quantitative estimate of drug-likeness (QED) is 0.335. The van der Waals surface area contributed by atoms with E-state index >= 15 is 0 Å². The van der Waals surface area contributed by atoms with Crippen LogP contribution in [0.3, 0.4) is 0 Å². The highest BCUT2D eigenvalue weighted by Crippen LogP contribution is 2.28. The van der Waals surface area contributed by atoms with Crippen LogP contribution in [0.4, 0.5) is 0 Å². The summed E-state index contributed by atoms with van der Waals surface area (Å²) in [6.07, 6.45) is -3.74. The highest BCUT2D eigenvalue weighted by Gasteiger charge is 2.44. The van der Waals surface area contributed by atoms with Crippen LogP contribution in [0.15, 0.2) is 18.2 Å². The summed E-state index contributed by atoms with van der Waals surface area (Å²) in [7, 11) is 0. The van der Waals surface area contributed by atoms with E-state index in [2.05, 4.69) is 0 Å². The third-order valence-corrected chi connectivity index (χ3v) is 4.18. The van der Waals surface area contributed by atoms with Gasteiger partial charge in [0, 0.05) is 12.7 Å². The second-order valence-corrected chi connectivity index (χ2v) is 6.18. The van der Waals surface area contributed by atoms with Crippen LogP contribution >= 0.6 is 0 Å². The summed E-state index contributed by atoms with van der Waals surface area (Å²) in [5.41, 5.74) is 0.817. The summed E-state index contributed by atoms with van der Waals surface area (Å²) in [5, 5.41) is 57.3. The molecule has 0 bridgehead atoms. The Bertz CT molecular complexity index is 535. The third kappa shape index (κ3) is 5.27. The number of ether oxygens (including phenoxy) is 2. The Labute approximate surface area is 145 Å². The van der Waals surface area contributed by atoms with Crippen LogP contribution in [-0.2, 0) is 11.2 Å². The van der Waals surface area contributed by atoms with Gasteiger partial charge in [0.25, 0.3) is 0 Å². The van der Waals surface area contributed by atoms with E-state index in [9.17, 15) is 25.5 Å². The van der Waals surface area contributed by atoms with Crippen LogP contribution < -0.4 is 4.74 Å². The lowest BCUT2D eigenvalue weighted by atomic mass is 9.99. The Hall–Kier alpha value is -1.42. The van der Waals surface area contributed by atoms with Crippen molar-refractivity contribution in [1.82, 2.24) is 0 Å². The van der Waals surface area contributed by atoms with Gasteiger partial charge in [0.2, 0.25) is 6.29 Å². The zero-order valence-corrected chi connectivity index (χ0v) is 13.9. The Balaban J connectivity index is 2.04. The van der Waals surface area contributed by atoms with E-state index in [-0.39, 0.29) is 18.1 Å². The van der Waals surface area contributed by atoms with Crippen molar-refractivity contribution in [2.24, 2.45) is 0 Å². The molecule has 8 nitrogen and oxygen atoms in total. The fraction of sp³-hybridized carbons (Fsp3) is 0.647. The summed E-state index contributed by atoms with van der Waals surface area (Å²) in [4.78, 5) is 0. The number of rotatable bonds is 8. The first-order chi connectivity index (χ1) is 12.0. The number of aromatic hydroxyl groups is 1. The fourth-order valence-electron chi connectivity index (χ4n) is 2.77. The van der Waals surface area contributed by atoms with Gasteiger partial charge >= 0.3 is 0 Å². The lowest BCUT2D eigenvalue weighted by Crippen LogP contribution is -2.60. The van der Waals surface area contributed by atoms with Gasteiger partial charge < -0.3 is 40.1 Å². The second kappa shape index (κ2) is 9.33. The largest absolute Gasteiger partial charge is 0.508 e. The number of hydrogen-bond donors (Lipinski definition) is 6. The summed E-state index contributed by atoms with van der Waals surface area (Å²) >= 11 is 0. The minimum absolute atomic E-state index is 0.0146. The van der Waals surface area contributed by atoms with Gasteiger partial charge in [-0.1, -0.05) is 6.42 Å². The van der Waals surface area contributed by atoms with Gasteiger partial charge in [0.15, 0.2) is 0 Å². The van der Waals surface area contributed by atoms with E-state index in [0.717, 1.165) is 18.4 Å². The predicted molar refractivity (Wildman–Crippen MR) is 87.1 cm³/mol. The molecule has 0 aromatic heterocycles. The van der Waals surface area contributed by atoms with E-state index in [1.807, 2.05) is 0 Å².